The maximum Gasteiger partial charge on any atom is 0.121 e. The lowest BCUT2D eigenvalue weighted by Gasteiger charge is -2.36. The number of phenolic OH excluding ortho intramolecular Hbond substituents is 2. The number of rotatable bonds is 2. The number of phenols is 2. The Labute approximate surface area is 201 Å². The van der Waals surface area contributed by atoms with Gasteiger partial charge in [-0.3, -0.25) is 9.97 Å². The first-order valence-electron chi connectivity index (χ1n) is 11.5. The fourth-order valence-electron chi connectivity index (χ4n) is 5.91. The first-order chi connectivity index (χ1) is 17.2. The van der Waals surface area contributed by atoms with Crippen molar-refractivity contribution < 1.29 is 10.2 Å². The predicted molar refractivity (Wildman–Crippen MR) is 138 cm³/mol. The highest BCUT2D eigenvalue weighted by Crippen LogP contribution is 2.60. The molecule has 0 saturated heterocycles. The van der Waals surface area contributed by atoms with Crippen molar-refractivity contribution in [1.29, 1.82) is 0 Å². The third-order valence-electron chi connectivity index (χ3n) is 7.21. The molecular weight excluding hydrogens is 432 g/mol. The first kappa shape index (κ1) is 19.7. The second-order valence-corrected chi connectivity index (χ2v) is 8.91. The van der Waals surface area contributed by atoms with E-state index in [0.717, 1.165) is 44.1 Å². The van der Waals surface area contributed by atoms with Crippen molar-refractivity contribution in [2.45, 2.75) is 5.41 Å². The van der Waals surface area contributed by atoms with Crippen LogP contribution in [0.5, 0.6) is 11.5 Å². The van der Waals surface area contributed by atoms with E-state index in [1.165, 1.54) is 0 Å². The van der Waals surface area contributed by atoms with Gasteiger partial charge in [-0.25, -0.2) is 0 Å². The maximum absolute atomic E-state index is 11.6. The van der Waals surface area contributed by atoms with E-state index in [1.54, 1.807) is 24.5 Å². The molecule has 1 aliphatic carbocycles. The zero-order chi connectivity index (χ0) is 23.6. The zero-order valence-corrected chi connectivity index (χ0v) is 18.7. The molecule has 2 aromatic heterocycles. The van der Waals surface area contributed by atoms with Gasteiger partial charge in [0.2, 0.25) is 0 Å². The molecule has 0 spiro atoms. The number of aromatic hydroxyl groups is 2. The molecule has 0 saturated carbocycles. The van der Waals surface area contributed by atoms with E-state index in [4.69, 9.17) is 9.97 Å². The number of hydrogen-bond acceptors (Lipinski definition) is 4. The van der Waals surface area contributed by atoms with Gasteiger partial charge in [-0.05, 0) is 56.9 Å². The summed E-state index contributed by atoms with van der Waals surface area (Å²) in [5.41, 5.74) is 3.65. The summed E-state index contributed by atoms with van der Waals surface area (Å²) in [5, 5.41) is 27.0. The summed E-state index contributed by atoms with van der Waals surface area (Å²) in [4.78, 5) is 9.48. The molecule has 0 fully saturated rings. The molecule has 7 rings (SSSR count). The first-order valence-corrected chi connectivity index (χ1v) is 11.5. The van der Waals surface area contributed by atoms with Crippen LogP contribution in [0.2, 0.25) is 0 Å². The van der Waals surface area contributed by atoms with Crippen molar-refractivity contribution >= 4 is 21.5 Å². The number of benzene rings is 4. The monoisotopic (exact) mass is 452 g/mol. The van der Waals surface area contributed by atoms with Gasteiger partial charge in [-0.15, -0.1) is 0 Å². The van der Waals surface area contributed by atoms with Crippen LogP contribution in [0.15, 0.2) is 109 Å². The molecule has 0 unspecified atom stereocenters. The fourth-order valence-corrected chi connectivity index (χ4v) is 5.91. The van der Waals surface area contributed by atoms with Gasteiger partial charge in [0.05, 0.1) is 16.8 Å². The minimum absolute atomic E-state index is 0.155. The average molecular weight is 453 g/mol. The van der Waals surface area contributed by atoms with Crippen molar-refractivity contribution in [2.24, 2.45) is 0 Å². The molecule has 2 heterocycles. The Balaban J connectivity index is 1.81. The second-order valence-electron chi connectivity index (χ2n) is 8.91. The van der Waals surface area contributed by atoms with Crippen LogP contribution in [0.25, 0.3) is 32.9 Å². The van der Waals surface area contributed by atoms with Crippen LogP contribution in [0, 0.1) is 0 Å². The van der Waals surface area contributed by atoms with Gasteiger partial charge in [-0.2, -0.15) is 0 Å². The van der Waals surface area contributed by atoms with Gasteiger partial charge in [0.1, 0.15) is 11.5 Å². The Morgan fingerprint density at radius 3 is 1.43 bits per heavy atom. The Hall–Kier alpha value is -4.70. The Kier molecular flexibility index (Phi) is 4.03. The van der Waals surface area contributed by atoms with Crippen molar-refractivity contribution in [3.05, 3.63) is 132 Å². The molecule has 0 amide bonds. The third-order valence-corrected chi connectivity index (χ3v) is 7.21. The normalized spacial score (nSPS) is 13.6. The molecular formula is C31H20N2O2. The largest absolute Gasteiger partial charge is 0.508 e. The van der Waals surface area contributed by atoms with Crippen molar-refractivity contribution in [3.8, 4) is 22.9 Å². The zero-order valence-electron chi connectivity index (χ0n) is 18.7. The van der Waals surface area contributed by atoms with E-state index in [2.05, 4.69) is 0 Å². The molecule has 0 bridgehead atoms. The lowest BCUT2D eigenvalue weighted by Crippen LogP contribution is -2.29. The van der Waals surface area contributed by atoms with E-state index >= 15 is 0 Å². The molecule has 0 radical (unpaired) electrons. The van der Waals surface area contributed by atoms with Crippen molar-refractivity contribution in [1.82, 2.24) is 9.97 Å². The van der Waals surface area contributed by atoms with Gasteiger partial charge in [0.25, 0.3) is 0 Å². The smallest absolute Gasteiger partial charge is 0.121 e. The standard InChI is InChI=1S/C31H20N2O2/c34-25-15-13-19-7-1-3-9-21(19)27(25)31(28-22-10-4-2-8-20(22)14-16-26(28)35)23-11-5-17-32-29(23)30-24(31)12-6-18-33-30/h1-18,34-35H. The quantitative estimate of drug-likeness (QED) is 0.312. The van der Waals surface area contributed by atoms with E-state index in [9.17, 15) is 10.2 Å². The molecule has 4 nitrogen and oxygen atoms in total. The van der Waals surface area contributed by atoms with E-state index in [-0.39, 0.29) is 11.5 Å². The summed E-state index contributed by atoms with van der Waals surface area (Å²) >= 11 is 0. The molecule has 4 aromatic carbocycles. The highest BCUT2D eigenvalue weighted by molar-refractivity contribution is 5.99. The van der Waals surface area contributed by atoms with E-state index in [1.807, 2.05) is 84.9 Å². The van der Waals surface area contributed by atoms with Gasteiger partial charge in [-0.1, -0.05) is 72.8 Å². The summed E-state index contributed by atoms with van der Waals surface area (Å²) in [5.74, 6) is 0.310. The molecule has 166 valence electrons. The highest BCUT2D eigenvalue weighted by atomic mass is 16.3. The minimum atomic E-state index is -1.04. The van der Waals surface area contributed by atoms with Crippen molar-refractivity contribution in [3.63, 3.8) is 0 Å². The summed E-state index contributed by atoms with van der Waals surface area (Å²) in [7, 11) is 0. The average Bonchev–Trinajstić information content (AvgIpc) is 3.19. The SMILES string of the molecule is Oc1ccc2ccccc2c1C1(c2c(O)ccc3ccccc23)c2cccnc2-c2ncccc21. The van der Waals surface area contributed by atoms with Crippen LogP contribution in [-0.2, 0) is 5.41 Å². The second kappa shape index (κ2) is 7.15. The number of pyridine rings is 2. The summed E-state index contributed by atoms with van der Waals surface area (Å²) < 4.78 is 0. The Morgan fingerprint density at radius 2 is 0.943 bits per heavy atom. The van der Waals surface area contributed by atoms with Crippen LogP contribution in [0.3, 0.4) is 0 Å². The molecule has 0 aliphatic heterocycles. The number of nitrogens with zero attached hydrogens (tertiary/aromatic N) is 2. The lowest BCUT2D eigenvalue weighted by atomic mass is 9.65. The molecule has 6 aromatic rings. The number of fused-ring (bicyclic) bond motifs is 5. The maximum atomic E-state index is 11.6. The summed E-state index contributed by atoms with van der Waals surface area (Å²) in [6.45, 7) is 0. The molecule has 35 heavy (non-hydrogen) atoms. The molecule has 4 heteroatoms. The summed E-state index contributed by atoms with van der Waals surface area (Å²) in [6, 6.07) is 31.3. The van der Waals surface area contributed by atoms with Gasteiger partial charge >= 0.3 is 0 Å². The van der Waals surface area contributed by atoms with Crippen molar-refractivity contribution in [2.75, 3.05) is 0 Å². The lowest BCUT2D eigenvalue weighted by molar-refractivity contribution is 0.451. The topological polar surface area (TPSA) is 66.2 Å². The molecule has 1 aliphatic rings. The van der Waals surface area contributed by atoms with E-state index < -0.39 is 5.41 Å². The summed E-state index contributed by atoms with van der Waals surface area (Å²) in [6.07, 6.45) is 3.53. The van der Waals surface area contributed by atoms with Crippen LogP contribution >= 0.6 is 0 Å². The third kappa shape index (κ3) is 2.51. The van der Waals surface area contributed by atoms with Crippen LogP contribution in [0.4, 0.5) is 0 Å². The van der Waals surface area contributed by atoms with Crippen LogP contribution in [-0.4, -0.2) is 20.2 Å². The van der Waals surface area contributed by atoms with Crippen LogP contribution < -0.4 is 0 Å². The molecule has 2 N–H and O–H groups in total. The molecule has 0 atom stereocenters. The van der Waals surface area contributed by atoms with Gasteiger partial charge < -0.3 is 10.2 Å². The Morgan fingerprint density at radius 1 is 0.486 bits per heavy atom. The minimum Gasteiger partial charge on any atom is -0.508 e. The predicted octanol–water partition coefficient (Wildman–Crippen LogP) is 6.56. The van der Waals surface area contributed by atoms with Crippen LogP contribution in [0.1, 0.15) is 22.3 Å². The van der Waals surface area contributed by atoms with E-state index in [0.29, 0.717) is 11.1 Å². The van der Waals surface area contributed by atoms with Gasteiger partial charge in [0.15, 0.2) is 0 Å². The fraction of sp³-hybridized carbons (Fsp3) is 0.0323. The number of aromatic nitrogens is 2. The number of hydrogen-bond donors (Lipinski definition) is 2. The Bertz CT molecular complexity index is 1660. The highest BCUT2D eigenvalue weighted by Gasteiger charge is 2.51. The van der Waals surface area contributed by atoms with Gasteiger partial charge in [0, 0.05) is 23.5 Å².